The van der Waals surface area contributed by atoms with Crippen LogP contribution in [-0.2, 0) is 4.79 Å². The minimum absolute atomic E-state index is 0.261. The molecular weight excluding hydrogens is 158 g/mol. The van der Waals surface area contributed by atoms with Gasteiger partial charge in [-0.15, -0.1) is 0 Å². The minimum Gasteiger partial charge on any atom is -0.269 e. The van der Waals surface area contributed by atoms with Crippen LogP contribution < -0.4 is 0 Å². The minimum atomic E-state index is -0.545. The van der Waals surface area contributed by atoms with Gasteiger partial charge in [0.2, 0.25) is 0 Å². The zero-order chi connectivity index (χ0) is 9.19. The molecule has 0 saturated heterocycles. The standard InChI is InChI=1S/C8H15NO3/c1-2-3-4-8(5-6-8)7(10)9(11)12/h11-12H,2-6H2,1H3. The van der Waals surface area contributed by atoms with Gasteiger partial charge in [0.15, 0.2) is 0 Å². The molecule has 0 aliphatic heterocycles. The van der Waals surface area contributed by atoms with Crippen molar-refractivity contribution < 1.29 is 15.2 Å². The summed E-state index contributed by atoms with van der Waals surface area (Å²) >= 11 is 0. The molecule has 1 aliphatic carbocycles. The first-order valence-corrected chi connectivity index (χ1v) is 4.35. The summed E-state index contributed by atoms with van der Waals surface area (Å²) in [5, 5.41) is 16.8. The fourth-order valence-corrected chi connectivity index (χ4v) is 1.45. The van der Waals surface area contributed by atoms with E-state index in [1.54, 1.807) is 0 Å². The number of hydroxylamine groups is 2. The predicted octanol–water partition coefficient (Wildman–Crippen LogP) is 1.56. The summed E-state index contributed by atoms with van der Waals surface area (Å²) in [5.41, 5.74) is -0.431. The van der Waals surface area contributed by atoms with E-state index in [9.17, 15) is 4.79 Å². The molecule has 1 aliphatic rings. The van der Waals surface area contributed by atoms with Crippen LogP contribution in [-0.4, -0.2) is 21.5 Å². The molecule has 2 N–H and O–H groups in total. The zero-order valence-electron chi connectivity index (χ0n) is 7.29. The molecule has 0 aromatic heterocycles. The first-order valence-electron chi connectivity index (χ1n) is 4.35. The molecule has 1 saturated carbocycles. The number of nitrogens with zero attached hydrogens (tertiary/aromatic N) is 1. The van der Waals surface area contributed by atoms with Crippen molar-refractivity contribution >= 4 is 5.91 Å². The summed E-state index contributed by atoms with van der Waals surface area (Å²) in [6.07, 6.45) is 4.37. The Hall–Kier alpha value is -0.610. The number of carbonyl (C=O) groups excluding carboxylic acids is 1. The van der Waals surface area contributed by atoms with Gasteiger partial charge in [0.25, 0.3) is 5.91 Å². The molecule has 0 bridgehead atoms. The van der Waals surface area contributed by atoms with Crippen LogP contribution in [0.3, 0.4) is 0 Å². The fraction of sp³-hybridized carbons (Fsp3) is 0.875. The molecule has 0 spiro atoms. The highest BCUT2D eigenvalue weighted by molar-refractivity contribution is 5.83. The maximum Gasteiger partial charge on any atom is 0.279 e. The molecule has 1 fully saturated rings. The number of unbranched alkanes of at least 4 members (excludes halogenated alkanes) is 1. The highest BCUT2D eigenvalue weighted by Crippen LogP contribution is 2.50. The Morgan fingerprint density at radius 1 is 1.50 bits per heavy atom. The van der Waals surface area contributed by atoms with Crippen molar-refractivity contribution in [3.05, 3.63) is 0 Å². The third-order valence-electron chi connectivity index (χ3n) is 2.50. The van der Waals surface area contributed by atoms with E-state index in [1.807, 2.05) is 0 Å². The van der Waals surface area contributed by atoms with Crippen LogP contribution in [0, 0.1) is 5.41 Å². The van der Waals surface area contributed by atoms with Gasteiger partial charge in [-0.3, -0.25) is 15.2 Å². The summed E-state index contributed by atoms with van der Waals surface area (Å²) in [6.45, 7) is 2.05. The zero-order valence-corrected chi connectivity index (χ0v) is 7.29. The first-order chi connectivity index (χ1) is 5.62. The molecule has 1 amide bonds. The van der Waals surface area contributed by atoms with E-state index in [1.165, 1.54) is 0 Å². The average molecular weight is 173 g/mol. The molecule has 0 heterocycles. The van der Waals surface area contributed by atoms with E-state index in [2.05, 4.69) is 6.92 Å². The normalized spacial score (nSPS) is 18.9. The van der Waals surface area contributed by atoms with Gasteiger partial charge in [-0.05, 0) is 19.3 Å². The SMILES string of the molecule is CCCCC1(C(=O)N(O)O)CC1. The van der Waals surface area contributed by atoms with Crippen LogP contribution in [0.5, 0.6) is 0 Å². The van der Waals surface area contributed by atoms with Crippen molar-refractivity contribution in [3.8, 4) is 0 Å². The quantitative estimate of drug-likeness (QED) is 0.501. The number of rotatable bonds is 4. The van der Waals surface area contributed by atoms with Gasteiger partial charge in [0, 0.05) is 0 Å². The van der Waals surface area contributed by atoms with Crippen molar-refractivity contribution in [1.82, 2.24) is 5.23 Å². The first kappa shape index (κ1) is 9.48. The van der Waals surface area contributed by atoms with Gasteiger partial charge >= 0.3 is 0 Å². The molecule has 4 heteroatoms. The van der Waals surface area contributed by atoms with E-state index in [0.29, 0.717) is 0 Å². The van der Waals surface area contributed by atoms with E-state index < -0.39 is 11.3 Å². The lowest BCUT2D eigenvalue weighted by molar-refractivity contribution is -0.289. The number of hydrogen-bond donors (Lipinski definition) is 2. The second kappa shape index (κ2) is 3.41. The molecule has 0 atom stereocenters. The summed E-state index contributed by atoms with van der Waals surface area (Å²) in [4.78, 5) is 11.2. The summed E-state index contributed by atoms with van der Waals surface area (Å²) in [6, 6.07) is 0. The Morgan fingerprint density at radius 2 is 2.08 bits per heavy atom. The van der Waals surface area contributed by atoms with Crippen molar-refractivity contribution in [3.63, 3.8) is 0 Å². The molecule has 0 aromatic rings. The van der Waals surface area contributed by atoms with Crippen LogP contribution >= 0.6 is 0 Å². The lowest BCUT2D eigenvalue weighted by Crippen LogP contribution is -2.31. The summed E-state index contributed by atoms with van der Waals surface area (Å²) in [7, 11) is 0. The third-order valence-corrected chi connectivity index (χ3v) is 2.50. The van der Waals surface area contributed by atoms with Gasteiger partial charge in [-0.1, -0.05) is 25.0 Å². The topological polar surface area (TPSA) is 60.8 Å². The van der Waals surface area contributed by atoms with Crippen molar-refractivity contribution in [1.29, 1.82) is 0 Å². The second-order valence-electron chi connectivity index (χ2n) is 3.48. The predicted molar refractivity (Wildman–Crippen MR) is 41.6 cm³/mol. The van der Waals surface area contributed by atoms with Gasteiger partial charge in [-0.25, -0.2) is 0 Å². The second-order valence-corrected chi connectivity index (χ2v) is 3.48. The molecule has 1 rings (SSSR count). The van der Waals surface area contributed by atoms with Gasteiger partial charge < -0.3 is 0 Å². The lowest BCUT2D eigenvalue weighted by Gasteiger charge is -2.15. The smallest absolute Gasteiger partial charge is 0.269 e. The number of amides is 1. The third kappa shape index (κ3) is 1.76. The monoisotopic (exact) mass is 173 g/mol. The van der Waals surface area contributed by atoms with Crippen LogP contribution in [0.4, 0.5) is 0 Å². The van der Waals surface area contributed by atoms with E-state index in [4.69, 9.17) is 10.4 Å². The van der Waals surface area contributed by atoms with Crippen molar-refractivity contribution in [2.24, 2.45) is 5.41 Å². The Labute approximate surface area is 71.7 Å². The van der Waals surface area contributed by atoms with Gasteiger partial charge in [0.1, 0.15) is 0 Å². The lowest BCUT2D eigenvalue weighted by atomic mass is 9.98. The largest absolute Gasteiger partial charge is 0.279 e. The number of hydrogen-bond acceptors (Lipinski definition) is 3. The molecular formula is C8H15NO3. The Bertz CT molecular complexity index is 175. The van der Waals surface area contributed by atoms with Crippen molar-refractivity contribution in [2.45, 2.75) is 39.0 Å². The summed E-state index contributed by atoms with van der Waals surface area (Å²) < 4.78 is 0. The number of carbonyl (C=O) groups is 1. The molecule has 0 radical (unpaired) electrons. The molecule has 12 heavy (non-hydrogen) atoms. The highest BCUT2D eigenvalue weighted by Gasteiger charge is 2.51. The fourth-order valence-electron chi connectivity index (χ4n) is 1.45. The van der Waals surface area contributed by atoms with E-state index >= 15 is 0 Å². The van der Waals surface area contributed by atoms with Crippen LogP contribution in [0.25, 0.3) is 0 Å². The molecule has 0 unspecified atom stereocenters. The highest BCUT2D eigenvalue weighted by atomic mass is 16.8. The maximum absolute atomic E-state index is 11.2. The van der Waals surface area contributed by atoms with Crippen LogP contribution in [0.2, 0.25) is 0 Å². The Morgan fingerprint density at radius 3 is 2.42 bits per heavy atom. The Kier molecular flexibility index (Phi) is 2.69. The van der Waals surface area contributed by atoms with E-state index in [0.717, 1.165) is 32.1 Å². The molecule has 70 valence electrons. The maximum atomic E-state index is 11.2. The average Bonchev–Trinajstić information content (AvgIpc) is 2.80. The van der Waals surface area contributed by atoms with Crippen molar-refractivity contribution in [2.75, 3.05) is 0 Å². The molecule has 4 nitrogen and oxygen atoms in total. The van der Waals surface area contributed by atoms with Gasteiger partial charge in [-0.2, -0.15) is 0 Å². The Balaban J connectivity index is 2.43. The molecule has 0 aromatic carbocycles. The van der Waals surface area contributed by atoms with Crippen LogP contribution in [0.1, 0.15) is 39.0 Å². The summed E-state index contributed by atoms with van der Waals surface area (Å²) in [5.74, 6) is -0.545. The van der Waals surface area contributed by atoms with Crippen LogP contribution in [0.15, 0.2) is 0 Å². The van der Waals surface area contributed by atoms with E-state index in [-0.39, 0.29) is 5.23 Å². The van der Waals surface area contributed by atoms with Gasteiger partial charge in [0.05, 0.1) is 5.41 Å².